The van der Waals surface area contributed by atoms with E-state index in [2.05, 4.69) is 5.32 Å². The molecule has 1 N–H and O–H groups in total. The molecule has 0 radical (unpaired) electrons. The average Bonchev–Trinajstić information content (AvgIpc) is 3.13. The number of ether oxygens (including phenoxy) is 3. The third-order valence-electron chi connectivity index (χ3n) is 8.23. The maximum absolute atomic E-state index is 15.2. The van der Waals surface area contributed by atoms with Gasteiger partial charge in [-0.1, -0.05) is 55.5 Å². The Hall–Kier alpha value is -5.10. The molecule has 0 saturated heterocycles. The molecule has 0 aliphatic heterocycles. The lowest BCUT2D eigenvalue weighted by atomic mass is 10.0. The number of anilines is 1. The molecular weight excluding hydrogens is 661 g/mol. The lowest BCUT2D eigenvalue weighted by Crippen LogP contribution is -2.54. The summed E-state index contributed by atoms with van der Waals surface area (Å²) in [5.41, 5.74) is 1.11. The average molecular weight is 706 g/mol. The second kappa shape index (κ2) is 17.5. The predicted octanol–water partition coefficient (Wildman–Crippen LogP) is 5.99. The van der Waals surface area contributed by atoms with Crippen molar-refractivity contribution in [3.8, 4) is 17.2 Å². The maximum Gasteiger partial charge on any atom is 0.264 e. The molecule has 0 aromatic heterocycles. The summed E-state index contributed by atoms with van der Waals surface area (Å²) in [5.74, 6) is -0.710. The Morgan fingerprint density at radius 3 is 2.14 bits per heavy atom. The van der Waals surface area contributed by atoms with Gasteiger partial charge in [-0.25, -0.2) is 12.8 Å². The van der Waals surface area contributed by atoms with Gasteiger partial charge in [0.2, 0.25) is 11.8 Å². The summed E-state index contributed by atoms with van der Waals surface area (Å²) in [6, 6.07) is 24.2. The number of hydrogen-bond donors (Lipinski definition) is 1. The summed E-state index contributed by atoms with van der Waals surface area (Å²) in [4.78, 5) is 29.7. The fraction of sp³-hybridized carbons (Fsp3) is 0.316. The number of methoxy groups -OCH3 is 2. The largest absolute Gasteiger partial charge is 0.494 e. The second-order valence-corrected chi connectivity index (χ2v) is 13.5. The van der Waals surface area contributed by atoms with Crippen molar-refractivity contribution in [2.45, 2.75) is 57.1 Å². The SMILES string of the molecule is CCOc1ccc(N(CC(=O)N(Cc2ccccc2F)[C@H](Cc2ccccc2)C(=O)N[C@H](C)CC)S(=O)(=O)c2ccc(OC)c(OC)c2)cc1. The molecule has 0 unspecified atom stereocenters. The highest BCUT2D eigenvalue weighted by Crippen LogP contribution is 2.33. The molecule has 0 saturated carbocycles. The molecule has 0 fully saturated rings. The van der Waals surface area contributed by atoms with Crippen LogP contribution in [0.1, 0.15) is 38.3 Å². The van der Waals surface area contributed by atoms with Crippen LogP contribution in [-0.4, -0.2) is 64.6 Å². The third kappa shape index (κ3) is 9.32. The van der Waals surface area contributed by atoms with Gasteiger partial charge in [0.25, 0.3) is 10.0 Å². The van der Waals surface area contributed by atoms with E-state index in [1.54, 1.807) is 18.2 Å². The molecule has 4 rings (SSSR count). The van der Waals surface area contributed by atoms with Crippen LogP contribution in [0.2, 0.25) is 0 Å². The van der Waals surface area contributed by atoms with Gasteiger partial charge in [0.05, 0.1) is 31.4 Å². The van der Waals surface area contributed by atoms with Gasteiger partial charge in [-0.05, 0) is 68.3 Å². The van der Waals surface area contributed by atoms with Crippen LogP contribution in [0.5, 0.6) is 17.2 Å². The molecule has 2 atom stereocenters. The summed E-state index contributed by atoms with van der Waals surface area (Å²) in [6.45, 7) is 5.01. The first-order valence-electron chi connectivity index (χ1n) is 16.4. The van der Waals surface area contributed by atoms with Gasteiger partial charge in [0, 0.05) is 30.6 Å². The highest BCUT2D eigenvalue weighted by atomic mass is 32.2. The predicted molar refractivity (Wildman–Crippen MR) is 190 cm³/mol. The Kier molecular flexibility index (Phi) is 13.2. The topological polar surface area (TPSA) is 114 Å². The quantitative estimate of drug-likeness (QED) is 0.144. The molecule has 50 heavy (non-hydrogen) atoms. The van der Waals surface area contributed by atoms with E-state index in [0.29, 0.717) is 24.5 Å². The number of benzene rings is 4. The Morgan fingerprint density at radius 1 is 0.860 bits per heavy atom. The lowest BCUT2D eigenvalue weighted by molar-refractivity contribution is -0.140. The summed E-state index contributed by atoms with van der Waals surface area (Å²) in [5, 5.41) is 2.97. The van der Waals surface area contributed by atoms with Gasteiger partial charge in [-0.15, -0.1) is 0 Å². The normalized spacial score (nSPS) is 12.4. The molecule has 12 heteroatoms. The minimum atomic E-state index is -4.44. The van der Waals surface area contributed by atoms with Crippen LogP contribution < -0.4 is 23.8 Å². The van der Waals surface area contributed by atoms with Gasteiger partial charge in [-0.3, -0.25) is 13.9 Å². The Labute approximate surface area is 293 Å². The molecule has 0 aliphatic rings. The van der Waals surface area contributed by atoms with Crippen LogP contribution in [0.4, 0.5) is 10.1 Å². The van der Waals surface area contributed by atoms with Crippen molar-refractivity contribution in [2.24, 2.45) is 0 Å². The van der Waals surface area contributed by atoms with Crippen LogP contribution in [-0.2, 0) is 32.6 Å². The van der Waals surface area contributed by atoms with E-state index in [4.69, 9.17) is 14.2 Å². The van der Waals surface area contributed by atoms with Crippen LogP contribution in [0.15, 0.2) is 102 Å². The van der Waals surface area contributed by atoms with E-state index in [1.807, 2.05) is 51.1 Å². The van der Waals surface area contributed by atoms with E-state index >= 15 is 4.39 Å². The van der Waals surface area contributed by atoms with Crippen molar-refractivity contribution in [1.82, 2.24) is 10.2 Å². The number of rotatable bonds is 17. The van der Waals surface area contributed by atoms with Crippen molar-refractivity contribution in [1.29, 1.82) is 0 Å². The van der Waals surface area contributed by atoms with Gasteiger partial charge in [-0.2, -0.15) is 0 Å². The van der Waals surface area contributed by atoms with Gasteiger partial charge < -0.3 is 24.4 Å². The zero-order valence-corrected chi connectivity index (χ0v) is 29.8. The van der Waals surface area contributed by atoms with Crippen LogP contribution in [0.25, 0.3) is 0 Å². The van der Waals surface area contributed by atoms with E-state index in [-0.39, 0.29) is 40.9 Å². The fourth-order valence-electron chi connectivity index (χ4n) is 5.31. The van der Waals surface area contributed by atoms with E-state index in [1.165, 1.54) is 67.7 Å². The number of carbonyl (C=O) groups excluding carboxylic acids is 2. The smallest absolute Gasteiger partial charge is 0.264 e. The number of carbonyl (C=O) groups is 2. The first-order valence-corrected chi connectivity index (χ1v) is 17.8. The number of hydrogen-bond acceptors (Lipinski definition) is 7. The molecule has 0 heterocycles. The van der Waals surface area contributed by atoms with E-state index < -0.39 is 40.2 Å². The zero-order valence-electron chi connectivity index (χ0n) is 29.0. The molecule has 0 aliphatic carbocycles. The van der Waals surface area contributed by atoms with Gasteiger partial charge in [0.15, 0.2) is 11.5 Å². The molecule has 4 aromatic carbocycles. The van der Waals surface area contributed by atoms with E-state index in [0.717, 1.165) is 9.87 Å². The standard InChI is InChI=1S/C38H44FN3O7S/c1-6-27(3)40-38(44)34(23-28-13-9-8-10-14-28)41(25-29-15-11-12-16-33(29)39)37(43)26-42(30-17-19-31(20-18-30)49-7-2)50(45,46)32-21-22-35(47-4)36(24-32)48-5/h8-22,24,27,34H,6-7,23,25-26H2,1-5H3,(H,40,44)/t27-,34-/m1/s1. The highest BCUT2D eigenvalue weighted by Gasteiger charge is 2.35. The van der Waals surface area contributed by atoms with Gasteiger partial charge in [0.1, 0.15) is 24.2 Å². The van der Waals surface area contributed by atoms with Gasteiger partial charge >= 0.3 is 0 Å². The minimum Gasteiger partial charge on any atom is -0.494 e. The number of nitrogens with one attached hydrogen (secondary N) is 1. The van der Waals surface area contributed by atoms with Crippen LogP contribution in [0.3, 0.4) is 0 Å². The number of sulfonamides is 1. The van der Waals surface area contributed by atoms with Crippen molar-refractivity contribution >= 4 is 27.5 Å². The van der Waals surface area contributed by atoms with Crippen molar-refractivity contribution in [2.75, 3.05) is 31.7 Å². The summed E-state index contributed by atoms with van der Waals surface area (Å²) < 4.78 is 61.3. The number of amides is 2. The zero-order chi connectivity index (χ0) is 36.3. The Balaban J connectivity index is 1.85. The van der Waals surface area contributed by atoms with Crippen molar-refractivity contribution in [3.05, 3.63) is 114 Å². The fourth-order valence-corrected chi connectivity index (χ4v) is 6.74. The first-order chi connectivity index (χ1) is 24.0. The monoisotopic (exact) mass is 705 g/mol. The first kappa shape index (κ1) is 37.7. The van der Waals surface area contributed by atoms with Crippen molar-refractivity contribution in [3.63, 3.8) is 0 Å². The summed E-state index contributed by atoms with van der Waals surface area (Å²) in [7, 11) is -1.62. The molecule has 4 aromatic rings. The number of halogens is 1. The molecule has 0 bridgehead atoms. The highest BCUT2D eigenvalue weighted by molar-refractivity contribution is 7.92. The third-order valence-corrected chi connectivity index (χ3v) is 10.00. The Morgan fingerprint density at radius 2 is 1.52 bits per heavy atom. The lowest BCUT2D eigenvalue weighted by Gasteiger charge is -2.34. The minimum absolute atomic E-state index is 0.106. The van der Waals surface area contributed by atoms with Crippen molar-refractivity contribution < 1.29 is 36.6 Å². The Bertz CT molecular complexity index is 1840. The second-order valence-electron chi connectivity index (χ2n) is 11.6. The van der Waals surface area contributed by atoms with Crippen LogP contribution in [0, 0.1) is 5.82 Å². The van der Waals surface area contributed by atoms with E-state index in [9.17, 15) is 18.0 Å². The maximum atomic E-state index is 15.2. The molecule has 266 valence electrons. The van der Waals surface area contributed by atoms with Crippen LogP contribution >= 0.6 is 0 Å². The molecule has 2 amide bonds. The number of nitrogens with zero attached hydrogens (tertiary/aromatic N) is 2. The molecule has 10 nitrogen and oxygen atoms in total. The summed E-state index contributed by atoms with van der Waals surface area (Å²) in [6.07, 6.45) is 0.745. The molecular formula is C38H44FN3O7S. The summed E-state index contributed by atoms with van der Waals surface area (Å²) >= 11 is 0. The molecule has 0 spiro atoms.